The smallest absolute Gasteiger partial charge is 0.387 e. The molecule has 516 valence electrons. The fourth-order valence-electron chi connectivity index (χ4n) is 15.2. The molecule has 2 aromatic heterocycles. The van der Waals surface area contributed by atoms with Crippen LogP contribution in [0, 0.1) is 45.3 Å². The number of aliphatic hydroxyl groups excluding tert-OH is 2. The monoisotopic (exact) mass is 1360 g/mol. The number of H-pyrrole nitrogens is 2. The maximum absolute atomic E-state index is 14.3. The van der Waals surface area contributed by atoms with Crippen LogP contribution in [-0.2, 0) is 60.8 Å². The molecule has 8 rings (SSSR count). The first-order valence-electron chi connectivity index (χ1n) is 30.6. The van der Waals surface area contributed by atoms with Crippen LogP contribution in [0.3, 0.4) is 0 Å². The van der Waals surface area contributed by atoms with Gasteiger partial charge in [-0.3, -0.25) is 72.3 Å². The van der Waals surface area contributed by atoms with Crippen LogP contribution in [0.25, 0.3) is 11.2 Å². The van der Waals surface area contributed by atoms with Gasteiger partial charge in [0, 0.05) is 131 Å². The molecular formula is C58H87N16O18P2+. The van der Waals surface area contributed by atoms with E-state index >= 15 is 0 Å². The maximum atomic E-state index is 14.3. The number of nitrogens with zero attached hydrogens (tertiary/aromatic N) is 5. The quantitative estimate of drug-likeness (QED) is 0.0386. The van der Waals surface area contributed by atoms with Crippen LogP contribution in [0.4, 0.5) is 5.95 Å². The van der Waals surface area contributed by atoms with E-state index in [9.17, 15) is 67.5 Å². The minimum absolute atomic E-state index is 0.0318. The Morgan fingerprint density at radius 1 is 0.798 bits per heavy atom. The molecule has 2 fully saturated rings. The number of nitrogen functional groups attached to an aromatic ring is 1. The van der Waals surface area contributed by atoms with Crippen molar-refractivity contribution in [1.29, 1.82) is 0 Å². The first-order chi connectivity index (χ1) is 43.5. The fraction of sp³-hybridized carbons (Fsp3) is 0.638. The number of allylic oxidation sites excluding steroid dienone is 6. The Hall–Kier alpha value is -7.39. The average molecular weight is 1360 g/mol. The molecule has 34 nitrogen and oxygen atoms in total. The van der Waals surface area contributed by atoms with E-state index in [1.54, 1.807) is 34.6 Å². The molecule has 0 spiro atoms. The van der Waals surface area contributed by atoms with Crippen molar-refractivity contribution in [2.24, 2.45) is 94.7 Å². The molecule has 6 aliphatic heterocycles. The van der Waals surface area contributed by atoms with Gasteiger partial charge in [-0.2, -0.15) is 4.31 Å². The zero-order valence-corrected chi connectivity index (χ0v) is 55.6. The molecule has 36 heteroatoms. The number of aromatic amines is 2. The lowest BCUT2D eigenvalue weighted by molar-refractivity contribution is -0.745. The summed E-state index contributed by atoms with van der Waals surface area (Å²) in [5.74, 6) is -7.96. The number of primary amides is 6. The van der Waals surface area contributed by atoms with Gasteiger partial charge in [0.1, 0.15) is 18.3 Å². The number of aliphatic hydroxyl groups is 2. The van der Waals surface area contributed by atoms with Crippen molar-refractivity contribution in [1.82, 2.24) is 25.6 Å². The molecule has 2 unspecified atom stereocenters. The molecule has 6 aliphatic rings. The second kappa shape index (κ2) is 26.7. The molecule has 7 amide bonds. The average Bonchev–Trinajstić information content (AvgIpc) is 1.53. The van der Waals surface area contributed by atoms with Crippen LogP contribution >= 0.6 is 15.6 Å². The van der Waals surface area contributed by atoms with Crippen LogP contribution in [-0.4, -0.2) is 143 Å². The van der Waals surface area contributed by atoms with Crippen molar-refractivity contribution < 1.29 is 85.4 Å². The van der Waals surface area contributed by atoms with Crippen LogP contribution in [0.15, 0.2) is 60.4 Å². The molecule has 2 aromatic rings. The highest BCUT2D eigenvalue weighted by Crippen LogP contribution is 2.64. The van der Waals surface area contributed by atoms with Crippen molar-refractivity contribution in [2.75, 3.05) is 18.9 Å². The second-order valence-electron chi connectivity index (χ2n) is 26.9. The van der Waals surface area contributed by atoms with Gasteiger partial charge in [-0.05, 0) is 70.6 Å². The molecule has 0 aliphatic carbocycles. The molecule has 0 radical (unpaired) electrons. The van der Waals surface area contributed by atoms with Gasteiger partial charge in [0.15, 0.2) is 6.33 Å². The number of amides is 7. The van der Waals surface area contributed by atoms with E-state index in [0.717, 1.165) is 4.57 Å². The van der Waals surface area contributed by atoms with Crippen molar-refractivity contribution in [3.63, 3.8) is 0 Å². The number of rotatable bonds is 28. The van der Waals surface area contributed by atoms with Gasteiger partial charge >= 0.3 is 21.3 Å². The van der Waals surface area contributed by atoms with E-state index in [-0.39, 0.29) is 87.7 Å². The zero-order valence-electron chi connectivity index (χ0n) is 53.8. The van der Waals surface area contributed by atoms with Gasteiger partial charge in [-0.1, -0.05) is 39.6 Å². The lowest BCUT2D eigenvalue weighted by Crippen LogP contribution is -2.56. The topological polar surface area (TPSA) is 580 Å². The number of fused-ring (bicyclic) bond motifs is 7. The molecular weight excluding hydrogens is 1270 g/mol. The number of ether oxygens (including phenoxy) is 1. The van der Waals surface area contributed by atoms with Gasteiger partial charge in [-0.15, -0.1) is 0 Å². The lowest BCUT2D eigenvalue weighted by atomic mass is 9.55. The minimum Gasteiger partial charge on any atom is -0.387 e. The summed E-state index contributed by atoms with van der Waals surface area (Å²) in [6.45, 7) is 14.4. The Labute approximate surface area is 540 Å². The maximum Gasteiger partial charge on any atom is 0.481 e. The zero-order chi connectivity index (χ0) is 69.9. The molecule has 94 heavy (non-hydrogen) atoms. The van der Waals surface area contributed by atoms with E-state index in [0.29, 0.717) is 45.4 Å². The van der Waals surface area contributed by atoms with Crippen LogP contribution in [0.1, 0.15) is 139 Å². The Morgan fingerprint density at radius 2 is 1.40 bits per heavy atom. The molecule has 2 saturated heterocycles. The number of nitrogens with one attached hydrogen (secondary N) is 4. The number of imidazole rings is 1. The Morgan fingerprint density at radius 3 is 2.00 bits per heavy atom. The number of anilines is 1. The first kappa shape index (κ1) is 72.4. The van der Waals surface area contributed by atoms with E-state index in [4.69, 9.17) is 68.9 Å². The van der Waals surface area contributed by atoms with Crippen molar-refractivity contribution in [2.45, 2.75) is 175 Å². The summed E-state index contributed by atoms with van der Waals surface area (Å²) in [5.41, 5.74) is 38.3. The predicted octanol–water partition coefficient (Wildman–Crippen LogP) is -0.252. The van der Waals surface area contributed by atoms with Gasteiger partial charge in [0.2, 0.25) is 53.1 Å². The Kier molecular flexibility index (Phi) is 20.5. The lowest BCUT2D eigenvalue weighted by Gasteiger charge is -2.48. The number of phosphoric acid groups is 2. The molecule has 16 atom stereocenters. The highest BCUT2D eigenvalue weighted by molar-refractivity contribution is 7.61. The standard InChI is InChI=1S/C58H86N16O18P2/c1-25(91-94(87,88)92-93(85,86)89-23-33-45(82)46(83)52(90-33)74-24-67-44-50(74)71-53(65)72-51(44)84)22-66-41(81)16-17-55(6)31(18-38(62)78)49-58(9)57(8,21-40(64)80)30(12-15-37(61)77)43(73-58)27(3)48-56(7,20-39(63)79)28(10-13-35(59)75)32(68-48)19-34-54(4,5)29(11-14-36(60)76)42(69-34)26(2)47(55)70-49/h19,24-25,28-31,33,45-46,49,52,82-83H,10-18,20-23H2,1-9H3,(H19,59,60,61,62,63,64,65,66,68,69,70,71,72,73,75,76,77,78,79,80,81,84,85,86,87,88)/p+1/t25-,28-,29-,30-,31+,33-,45-,46-,49-,52-,55-,56+,57+,58+/m1/s1. The third-order valence-corrected chi connectivity index (χ3v) is 22.9. The number of nitrogens with two attached hydrogens (primary N) is 7. The predicted molar refractivity (Wildman–Crippen MR) is 337 cm³/mol. The first-order valence-corrected chi connectivity index (χ1v) is 33.6. The van der Waals surface area contributed by atoms with Crippen molar-refractivity contribution >= 4 is 91.2 Å². The number of carbonyl (C=O) groups is 7. The van der Waals surface area contributed by atoms with Crippen LogP contribution in [0.5, 0.6) is 0 Å². The number of hydrogen-bond acceptors (Lipinski definition) is 22. The second-order valence-corrected chi connectivity index (χ2v) is 29.9. The van der Waals surface area contributed by atoms with E-state index in [1.165, 1.54) is 13.3 Å². The Balaban J connectivity index is 1.13. The third-order valence-electron chi connectivity index (χ3n) is 20.1. The SMILES string of the molecule is CC1=C2N=C(C=C3NC(=C(C)C4=N[C@@](C)([C@@H]5N=C1[C@](C)(CCC(=O)NC[C@@H](C)OP(=O)(O)OP(=O)(O)OC[C@H]1O[C@@H]([n+]6c[nH]c7c(=O)[nH]c(N)nc76)[C@H](O)[C@@H]1O)[C@H]5CC(N)=O)[C@@](C)(CC(N)=O)[C@@H]4CCC(N)=O)[C@@](C)(CC(N)=O)[C@@H]3CCC(N)=O)C(C)(C)[C@@H]2CCC(N)=O. The summed E-state index contributed by atoms with van der Waals surface area (Å²) in [6, 6.07) is -1.10. The number of carbonyl (C=O) groups excluding carboxylic acids is 7. The summed E-state index contributed by atoms with van der Waals surface area (Å²) in [4.78, 5) is 152. The number of aromatic nitrogens is 4. The van der Waals surface area contributed by atoms with Gasteiger partial charge in [0.05, 0.1) is 24.3 Å². The summed E-state index contributed by atoms with van der Waals surface area (Å²) >= 11 is 0. The van der Waals surface area contributed by atoms with Crippen molar-refractivity contribution in [3.05, 3.63) is 51.0 Å². The van der Waals surface area contributed by atoms with E-state index in [1.807, 2.05) is 26.8 Å². The molecule has 8 bridgehead atoms. The normalized spacial score (nSPS) is 31.9. The molecule has 0 saturated carbocycles. The third kappa shape index (κ3) is 14.1. The molecule has 0 aromatic carbocycles. The molecule has 8 heterocycles. The van der Waals surface area contributed by atoms with E-state index in [2.05, 4.69) is 29.9 Å². The van der Waals surface area contributed by atoms with Gasteiger partial charge in [-0.25, -0.2) is 13.7 Å². The minimum atomic E-state index is -5.55. The van der Waals surface area contributed by atoms with Crippen molar-refractivity contribution in [3.8, 4) is 0 Å². The van der Waals surface area contributed by atoms with Crippen LogP contribution < -0.4 is 60.9 Å². The number of aliphatic imine (C=N–C) groups is 3. The highest BCUT2D eigenvalue weighted by Gasteiger charge is 2.66. The highest BCUT2D eigenvalue weighted by atomic mass is 31.3. The summed E-state index contributed by atoms with van der Waals surface area (Å²) in [6.07, 6.45) is -6.29. The summed E-state index contributed by atoms with van der Waals surface area (Å²) in [5, 5.41) is 27.9. The van der Waals surface area contributed by atoms with Gasteiger partial charge in [0.25, 0.3) is 11.5 Å². The van der Waals surface area contributed by atoms with Gasteiger partial charge < -0.3 is 75.5 Å². The fourth-order valence-corrected chi connectivity index (χ4v) is 17.4. The summed E-state index contributed by atoms with van der Waals surface area (Å²) < 4.78 is 47.8. The van der Waals surface area contributed by atoms with E-state index < -0.39 is 163 Å². The Bertz CT molecular complexity index is 3820. The largest absolute Gasteiger partial charge is 0.481 e. The summed E-state index contributed by atoms with van der Waals surface area (Å²) in [7, 11) is -11.1. The van der Waals surface area contributed by atoms with Crippen LogP contribution in [0.2, 0.25) is 0 Å². The number of phosphoric ester groups is 2. The number of hydrogen-bond donors (Lipinski definition) is 15. The molecule has 22 N–H and O–H groups in total.